The maximum Gasteiger partial charge on any atom is 0.213 e. The molecular formula is C13H20N2O2. The number of nitrogens with zero attached hydrogens (tertiary/aromatic N) is 1. The van der Waals surface area contributed by atoms with Gasteiger partial charge in [-0.3, -0.25) is 0 Å². The number of ether oxygens (including phenoxy) is 2. The monoisotopic (exact) mass is 236 g/mol. The minimum Gasteiger partial charge on any atom is -0.481 e. The highest BCUT2D eigenvalue weighted by Gasteiger charge is 2.12. The number of methoxy groups -OCH3 is 1. The molecular weight excluding hydrogens is 216 g/mol. The molecule has 2 heterocycles. The standard InChI is InChI=1S/C13H20N2O2/c1-16-13-7-4-6-12(15-13)10-17-9-11-5-2-3-8-14-11/h4,6-7,11,14H,2-3,5,8-10H2,1H3. The molecule has 1 N–H and O–H groups in total. The number of aromatic nitrogens is 1. The average molecular weight is 236 g/mol. The summed E-state index contributed by atoms with van der Waals surface area (Å²) in [7, 11) is 1.62. The molecule has 0 spiro atoms. The summed E-state index contributed by atoms with van der Waals surface area (Å²) < 4.78 is 10.8. The molecule has 1 atom stereocenters. The van der Waals surface area contributed by atoms with Crippen LogP contribution in [-0.4, -0.2) is 31.3 Å². The van der Waals surface area contributed by atoms with Gasteiger partial charge in [0.2, 0.25) is 5.88 Å². The Balaban J connectivity index is 1.73. The fourth-order valence-corrected chi connectivity index (χ4v) is 2.02. The number of nitrogens with one attached hydrogen (secondary N) is 1. The Kier molecular flexibility index (Phi) is 4.76. The Hall–Kier alpha value is -1.13. The molecule has 1 fully saturated rings. The van der Waals surface area contributed by atoms with Crippen molar-refractivity contribution in [2.45, 2.75) is 31.9 Å². The quantitative estimate of drug-likeness (QED) is 0.846. The van der Waals surface area contributed by atoms with Crippen LogP contribution in [0, 0.1) is 0 Å². The van der Waals surface area contributed by atoms with E-state index in [1.165, 1.54) is 19.3 Å². The highest BCUT2D eigenvalue weighted by molar-refractivity contribution is 5.14. The zero-order chi connectivity index (χ0) is 11.9. The lowest BCUT2D eigenvalue weighted by Crippen LogP contribution is -2.37. The van der Waals surface area contributed by atoms with Gasteiger partial charge in [0.15, 0.2) is 0 Å². The summed E-state index contributed by atoms with van der Waals surface area (Å²) in [5, 5.41) is 3.46. The van der Waals surface area contributed by atoms with Crippen LogP contribution in [0.5, 0.6) is 5.88 Å². The van der Waals surface area contributed by atoms with E-state index in [2.05, 4.69) is 10.3 Å². The van der Waals surface area contributed by atoms with Gasteiger partial charge in [-0.15, -0.1) is 0 Å². The van der Waals surface area contributed by atoms with Gasteiger partial charge in [-0.2, -0.15) is 0 Å². The molecule has 1 saturated heterocycles. The molecule has 1 aliphatic rings. The number of rotatable bonds is 5. The fourth-order valence-electron chi connectivity index (χ4n) is 2.02. The van der Waals surface area contributed by atoms with Crippen LogP contribution in [-0.2, 0) is 11.3 Å². The summed E-state index contributed by atoms with van der Waals surface area (Å²) in [6.07, 6.45) is 3.80. The first-order chi connectivity index (χ1) is 8.38. The van der Waals surface area contributed by atoms with Crippen LogP contribution in [0.2, 0.25) is 0 Å². The summed E-state index contributed by atoms with van der Waals surface area (Å²) >= 11 is 0. The van der Waals surface area contributed by atoms with Crippen molar-refractivity contribution in [1.29, 1.82) is 0 Å². The highest BCUT2D eigenvalue weighted by Crippen LogP contribution is 2.10. The zero-order valence-electron chi connectivity index (χ0n) is 10.3. The van der Waals surface area contributed by atoms with Crippen molar-refractivity contribution in [3.63, 3.8) is 0 Å². The Labute approximate surface area is 102 Å². The summed E-state index contributed by atoms with van der Waals surface area (Å²) in [5.41, 5.74) is 0.917. The van der Waals surface area contributed by atoms with Crippen LogP contribution in [0.15, 0.2) is 18.2 Å². The molecule has 0 amide bonds. The molecule has 4 heteroatoms. The van der Waals surface area contributed by atoms with Gasteiger partial charge in [0.05, 0.1) is 26.0 Å². The lowest BCUT2D eigenvalue weighted by atomic mass is 10.1. The molecule has 1 aromatic rings. The summed E-state index contributed by atoms with van der Waals surface area (Å²) in [6, 6.07) is 6.24. The summed E-state index contributed by atoms with van der Waals surface area (Å²) in [6.45, 7) is 2.43. The second-order valence-corrected chi connectivity index (χ2v) is 4.33. The van der Waals surface area contributed by atoms with E-state index < -0.39 is 0 Å². The molecule has 1 aliphatic heterocycles. The van der Waals surface area contributed by atoms with Crippen LogP contribution in [0.4, 0.5) is 0 Å². The Morgan fingerprint density at radius 3 is 3.12 bits per heavy atom. The molecule has 17 heavy (non-hydrogen) atoms. The van der Waals surface area contributed by atoms with Gasteiger partial charge in [-0.1, -0.05) is 12.5 Å². The van der Waals surface area contributed by atoms with Crippen molar-refractivity contribution < 1.29 is 9.47 Å². The summed E-state index contributed by atoms with van der Waals surface area (Å²) in [4.78, 5) is 4.31. The second kappa shape index (κ2) is 6.57. The molecule has 1 unspecified atom stereocenters. The second-order valence-electron chi connectivity index (χ2n) is 4.33. The van der Waals surface area contributed by atoms with Gasteiger partial charge in [-0.25, -0.2) is 4.98 Å². The van der Waals surface area contributed by atoms with Gasteiger partial charge in [-0.05, 0) is 25.5 Å². The lowest BCUT2D eigenvalue weighted by Gasteiger charge is -2.23. The van der Waals surface area contributed by atoms with Gasteiger partial charge in [0, 0.05) is 12.1 Å². The molecule has 2 rings (SSSR count). The van der Waals surface area contributed by atoms with E-state index in [0.29, 0.717) is 18.5 Å². The first-order valence-corrected chi connectivity index (χ1v) is 6.19. The Bertz CT molecular complexity index is 338. The topological polar surface area (TPSA) is 43.4 Å². The molecule has 0 radical (unpaired) electrons. The third-order valence-corrected chi connectivity index (χ3v) is 2.97. The zero-order valence-corrected chi connectivity index (χ0v) is 10.3. The minimum absolute atomic E-state index is 0.509. The number of piperidine rings is 1. The van der Waals surface area contributed by atoms with Crippen molar-refractivity contribution in [1.82, 2.24) is 10.3 Å². The molecule has 0 aromatic carbocycles. The average Bonchev–Trinajstić information content (AvgIpc) is 2.40. The van der Waals surface area contributed by atoms with Crippen LogP contribution >= 0.6 is 0 Å². The summed E-state index contributed by atoms with van der Waals surface area (Å²) in [5.74, 6) is 0.641. The highest BCUT2D eigenvalue weighted by atomic mass is 16.5. The SMILES string of the molecule is COc1cccc(COCC2CCCCN2)n1. The van der Waals surface area contributed by atoms with E-state index in [1.807, 2.05) is 18.2 Å². The third kappa shape index (κ3) is 3.98. The van der Waals surface area contributed by atoms with Crippen LogP contribution in [0.25, 0.3) is 0 Å². The van der Waals surface area contributed by atoms with Crippen molar-refractivity contribution in [3.05, 3.63) is 23.9 Å². The predicted octanol–water partition coefficient (Wildman–Crippen LogP) is 1.75. The normalized spacial score (nSPS) is 20.2. The Morgan fingerprint density at radius 1 is 1.41 bits per heavy atom. The molecule has 94 valence electrons. The van der Waals surface area contributed by atoms with Gasteiger partial charge < -0.3 is 14.8 Å². The maximum atomic E-state index is 5.68. The first-order valence-electron chi connectivity index (χ1n) is 6.19. The number of hydrogen-bond acceptors (Lipinski definition) is 4. The van der Waals surface area contributed by atoms with E-state index in [9.17, 15) is 0 Å². The van der Waals surface area contributed by atoms with Crippen molar-refractivity contribution in [2.75, 3.05) is 20.3 Å². The van der Waals surface area contributed by atoms with Gasteiger partial charge >= 0.3 is 0 Å². The molecule has 0 bridgehead atoms. The first kappa shape index (κ1) is 12.3. The van der Waals surface area contributed by atoms with E-state index in [1.54, 1.807) is 7.11 Å². The van der Waals surface area contributed by atoms with E-state index in [0.717, 1.165) is 18.8 Å². The molecule has 0 saturated carbocycles. The maximum absolute atomic E-state index is 5.68. The largest absolute Gasteiger partial charge is 0.481 e. The van der Waals surface area contributed by atoms with E-state index >= 15 is 0 Å². The van der Waals surface area contributed by atoms with Crippen LogP contribution in [0.3, 0.4) is 0 Å². The minimum atomic E-state index is 0.509. The van der Waals surface area contributed by atoms with Crippen molar-refractivity contribution in [2.24, 2.45) is 0 Å². The molecule has 4 nitrogen and oxygen atoms in total. The van der Waals surface area contributed by atoms with E-state index in [4.69, 9.17) is 9.47 Å². The third-order valence-electron chi connectivity index (χ3n) is 2.97. The van der Waals surface area contributed by atoms with Crippen LogP contribution in [0.1, 0.15) is 25.0 Å². The van der Waals surface area contributed by atoms with Gasteiger partial charge in [0.25, 0.3) is 0 Å². The van der Waals surface area contributed by atoms with E-state index in [-0.39, 0.29) is 0 Å². The Morgan fingerprint density at radius 2 is 2.35 bits per heavy atom. The van der Waals surface area contributed by atoms with Crippen molar-refractivity contribution >= 4 is 0 Å². The molecule has 1 aromatic heterocycles. The van der Waals surface area contributed by atoms with Crippen molar-refractivity contribution in [3.8, 4) is 5.88 Å². The number of pyridine rings is 1. The fraction of sp³-hybridized carbons (Fsp3) is 0.615. The predicted molar refractivity (Wildman–Crippen MR) is 66.1 cm³/mol. The smallest absolute Gasteiger partial charge is 0.213 e. The molecule has 0 aliphatic carbocycles. The lowest BCUT2D eigenvalue weighted by molar-refractivity contribution is 0.0887. The van der Waals surface area contributed by atoms with Crippen LogP contribution < -0.4 is 10.1 Å². The van der Waals surface area contributed by atoms with Gasteiger partial charge in [0.1, 0.15) is 0 Å². The number of hydrogen-bond donors (Lipinski definition) is 1.